The van der Waals surface area contributed by atoms with E-state index in [9.17, 15) is 35.7 Å². The Morgan fingerprint density at radius 3 is 2.21 bits per heavy atom. The molecule has 0 bridgehead atoms. The Kier molecular flexibility index (Phi) is 6.86. The molecule has 0 radical (unpaired) electrons. The highest BCUT2D eigenvalue weighted by molar-refractivity contribution is 5.43. The molecule has 7 heteroatoms. The molecule has 11 atom stereocenters. The summed E-state index contributed by atoms with van der Waals surface area (Å²) in [6, 6.07) is 0. The van der Waals surface area contributed by atoms with Crippen molar-refractivity contribution in [3.8, 4) is 0 Å². The fraction of sp³-hybridized carbons (Fsp3) is 0.926. The summed E-state index contributed by atoms with van der Waals surface area (Å²) in [7, 11) is 0. The van der Waals surface area contributed by atoms with Crippen molar-refractivity contribution in [3.05, 3.63) is 11.6 Å². The summed E-state index contributed by atoms with van der Waals surface area (Å²) in [5.41, 5.74) is -5.66. The summed E-state index contributed by atoms with van der Waals surface area (Å²) in [6.07, 6.45) is 0.983. The molecule has 0 aliphatic heterocycles. The normalized spacial score (nSPS) is 51.5. The van der Waals surface area contributed by atoms with Gasteiger partial charge < -0.3 is 35.7 Å². The Bertz CT molecular complexity index is 800. The monoisotopic (exact) mass is 482 g/mol. The van der Waals surface area contributed by atoms with Gasteiger partial charge in [-0.25, -0.2) is 0 Å². The molecular weight excluding hydrogens is 436 g/mol. The Morgan fingerprint density at radius 2 is 1.59 bits per heavy atom. The van der Waals surface area contributed by atoms with Gasteiger partial charge in [0.25, 0.3) is 0 Å². The van der Waals surface area contributed by atoms with E-state index in [2.05, 4.69) is 27.7 Å². The molecule has 0 aromatic heterocycles. The van der Waals surface area contributed by atoms with Gasteiger partial charge in [0.05, 0.1) is 30.3 Å². The predicted molar refractivity (Wildman–Crippen MR) is 128 cm³/mol. The molecule has 4 rings (SSSR count). The third kappa shape index (κ3) is 3.41. The van der Waals surface area contributed by atoms with E-state index in [1.807, 2.05) is 0 Å². The van der Waals surface area contributed by atoms with Crippen molar-refractivity contribution in [2.24, 2.45) is 34.5 Å². The Morgan fingerprint density at radius 1 is 0.941 bits per heavy atom. The largest absolute Gasteiger partial charge is 0.396 e. The van der Waals surface area contributed by atoms with Crippen LogP contribution in [0, 0.1) is 34.5 Å². The van der Waals surface area contributed by atoms with E-state index < -0.39 is 54.1 Å². The average molecular weight is 483 g/mol. The number of hydrogen-bond donors (Lipinski definition) is 7. The van der Waals surface area contributed by atoms with Gasteiger partial charge in [0.2, 0.25) is 0 Å². The molecular formula is C27H46O7. The van der Waals surface area contributed by atoms with E-state index in [0.29, 0.717) is 29.7 Å². The van der Waals surface area contributed by atoms with Crippen LogP contribution in [0.25, 0.3) is 0 Å². The number of hydrogen-bond acceptors (Lipinski definition) is 7. The quantitative estimate of drug-likeness (QED) is 0.285. The molecule has 3 fully saturated rings. The predicted octanol–water partition coefficient (Wildman–Crippen LogP) is 1.50. The lowest BCUT2D eigenvalue weighted by atomic mass is 9.42. The van der Waals surface area contributed by atoms with E-state index in [1.165, 1.54) is 12.5 Å². The lowest BCUT2D eigenvalue weighted by Gasteiger charge is -2.67. The smallest absolute Gasteiger partial charge is 0.123 e. The lowest BCUT2D eigenvalue weighted by Crippen LogP contribution is -2.79. The summed E-state index contributed by atoms with van der Waals surface area (Å²) >= 11 is 0. The van der Waals surface area contributed by atoms with Crippen molar-refractivity contribution in [1.29, 1.82) is 0 Å². The lowest BCUT2D eigenvalue weighted by molar-refractivity contribution is -0.311. The first-order valence-corrected chi connectivity index (χ1v) is 13.3. The Balaban J connectivity index is 1.73. The van der Waals surface area contributed by atoms with Crippen LogP contribution in [0.5, 0.6) is 0 Å². The topological polar surface area (TPSA) is 142 Å². The second kappa shape index (κ2) is 8.79. The zero-order chi connectivity index (χ0) is 25.3. The number of aliphatic hydroxyl groups excluding tert-OH is 5. The van der Waals surface area contributed by atoms with Gasteiger partial charge in [0, 0.05) is 6.42 Å². The van der Waals surface area contributed by atoms with E-state index >= 15 is 0 Å². The number of rotatable bonds is 6. The summed E-state index contributed by atoms with van der Waals surface area (Å²) in [6.45, 7) is 8.19. The molecule has 4 aliphatic carbocycles. The van der Waals surface area contributed by atoms with Crippen molar-refractivity contribution in [2.75, 3.05) is 6.61 Å². The van der Waals surface area contributed by atoms with Gasteiger partial charge in [-0.1, -0.05) is 53.0 Å². The molecule has 0 saturated heterocycles. The second-order valence-corrected chi connectivity index (χ2v) is 12.8. The molecule has 0 unspecified atom stereocenters. The summed E-state index contributed by atoms with van der Waals surface area (Å²) < 4.78 is 0. The highest BCUT2D eigenvalue weighted by atomic mass is 16.4. The van der Waals surface area contributed by atoms with Crippen LogP contribution >= 0.6 is 0 Å². The standard InChI is InChI=1S/C27H46O7/c1-15(2)6-5-7-16(3)17-8-9-18-19-10-22(31)26(33)12-21(30)20(29)11-25(26,14-28)27(19,34)23(32)13-24(17,18)4/h10,15-18,20-23,28-34H,5-9,11-14H2,1-4H3/t16-,17-,18+,20-,21-,22-,23-,24-,25-,26+,27+/m1/s1. The van der Waals surface area contributed by atoms with Crippen LogP contribution in [-0.4, -0.2) is 78.0 Å². The molecule has 3 saturated carbocycles. The van der Waals surface area contributed by atoms with Gasteiger partial charge in [-0.15, -0.1) is 0 Å². The van der Waals surface area contributed by atoms with Gasteiger partial charge in [-0.2, -0.15) is 0 Å². The Hall–Kier alpha value is -0.540. The van der Waals surface area contributed by atoms with E-state index in [1.54, 1.807) is 0 Å². The minimum atomic E-state index is -2.07. The zero-order valence-electron chi connectivity index (χ0n) is 21.2. The fourth-order valence-corrected chi connectivity index (χ4v) is 8.75. The van der Waals surface area contributed by atoms with Crippen LogP contribution in [0.2, 0.25) is 0 Å². The third-order valence-corrected chi connectivity index (χ3v) is 10.6. The molecule has 0 spiro atoms. The van der Waals surface area contributed by atoms with Gasteiger partial charge in [-0.3, -0.25) is 0 Å². The molecule has 7 nitrogen and oxygen atoms in total. The highest BCUT2D eigenvalue weighted by Crippen LogP contribution is 2.69. The van der Waals surface area contributed by atoms with Crippen molar-refractivity contribution < 1.29 is 35.7 Å². The average Bonchev–Trinajstić information content (AvgIpc) is 3.09. The molecule has 7 N–H and O–H groups in total. The highest BCUT2D eigenvalue weighted by Gasteiger charge is 2.76. The maximum absolute atomic E-state index is 12.2. The molecule has 196 valence electrons. The van der Waals surface area contributed by atoms with E-state index in [0.717, 1.165) is 25.7 Å². The van der Waals surface area contributed by atoms with Crippen molar-refractivity contribution in [3.63, 3.8) is 0 Å². The minimum absolute atomic E-state index is 0.106. The minimum Gasteiger partial charge on any atom is -0.396 e. The van der Waals surface area contributed by atoms with E-state index in [-0.39, 0.29) is 17.8 Å². The molecule has 0 heterocycles. The summed E-state index contributed by atoms with van der Waals surface area (Å²) in [5, 5.41) is 78.0. The van der Waals surface area contributed by atoms with Crippen LogP contribution < -0.4 is 0 Å². The third-order valence-electron chi connectivity index (χ3n) is 10.6. The fourth-order valence-electron chi connectivity index (χ4n) is 8.75. The van der Waals surface area contributed by atoms with Crippen LogP contribution in [0.1, 0.15) is 79.1 Å². The zero-order valence-corrected chi connectivity index (χ0v) is 21.2. The SMILES string of the molecule is CC(C)CCC[C@@H](C)[C@H]1CC[C@H]2C3=C[C@@H](O)[C@@]4(O)C[C@@H](O)[C@H](O)C[C@]4(CO)[C@@]3(O)[C@H](O)C[C@]12C. The number of aliphatic hydroxyl groups is 7. The maximum Gasteiger partial charge on any atom is 0.123 e. The Labute approximate surface area is 203 Å². The van der Waals surface area contributed by atoms with Crippen LogP contribution in [0.4, 0.5) is 0 Å². The first-order chi connectivity index (χ1) is 15.8. The first-order valence-electron chi connectivity index (χ1n) is 13.3. The van der Waals surface area contributed by atoms with Crippen LogP contribution in [-0.2, 0) is 0 Å². The summed E-state index contributed by atoms with van der Waals surface area (Å²) in [4.78, 5) is 0. The first kappa shape index (κ1) is 26.5. The van der Waals surface area contributed by atoms with Gasteiger partial charge in [0.15, 0.2) is 0 Å². The summed E-state index contributed by atoms with van der Waals surface area (Å²) in [5.74, 6) is 1.37. The molecule has 0 aromatic rings. The van der Waals surface area contributed by atoms with Gasteiger partial charge in [0.1, 0.15) is 17.3 Å². The van der Waals surface area contributed by atoms with Crippen LogP contribution in [0.3, 0.4) is 0 Å². The second-order valence-electron chi connectivity index (χ2n) is 12.8. The number of fused-ring (bicyclic) bond motifs is 5. The van der Waals surface area contributed by atoms with Crippen molar-refractivity contribution >= 4 is 0 Å². The van der Waals surface area contributed by atoms with Crippen molar-refractivity contribution in [2.45, 2.75) is 115 Å². The van der Waals surface area contributed by atoms with Gasteiger partial charge in [-0.05, 0) is 60.3 Å². The maximum atomic E-state index is 12.2. The molecule has 0 aromatic carbocycles. The molecule has 34 heavy (non-hydrogen) atoms. The van der Waals surface area contributed by atoms with Crippen molar-refractivity contribution in [1.82, 2.24) is 0 Å². The molecule has 0 amide bonds. The van der Waals surface area contributed by atoms with E-state index in [4.69, 9.17) is 0 Å². The molecule has 4 aliphatic rings. The van der Waals surface area contributed by atoms with Gasteiger partial charge >= 0.3 is 0 Å². The van der Waals surface area contributed by atoms with Crippen LogP contribution in [0.15, 0.2) is 11.6 Å².